The molecule has 2 aromatic rings. The van der Waals surface area contributed by atoms with Gasteiger partial charge in [0.15, 0.2) is 5.17 Å². The summed E-state index contributed by atoms with van der Waals surface area (Å²) in [5, 5.41) is 4.14. The molecule has 0 unspecified atom stereocenters. The van der Waals surface area contributed by atoms with Gasteiger partial charge in [-0.15, -0.1) is 0 Å². The number of carbonyl (C=O) groups is 1. The fourth-order valence-corrected chi connectivity index (χ4v) is 3.45. The number of rotatable bonds is 2. The van der Waals surface area contributed by atoms with Crippen molar-refractivity contribution in [3.05, 3.63) is 67.5 Å². The highest BCUT2D eigenvalue weighted by Crippen LogP contribution is 2.31. The molecule has 23 heavy (non-hydrogen) atoms. The molecule has 3 nitrogen and oxygen atoms in total. The maximum atomic E-state index is 12.0. The number of aliphatic imine (C=N–C) groups is 1. The summed E-state index contributed by atoms with van der Waals surface area (Å²) in [6.07, 6.45) is 1.82. The monoisotopic (exact) mass is 426 g/mol. The summed E-state index contributed by atoms with van der Waals surface area (Å²) >= 11 is 16.5. The van der Waals surface area contributed by atoms with Gasteiger partial charge >= 0.3 is 0 Å². The Morgan fingerprint density at radius 1 is 1.13 bits per heavy atom. The van der Waals surface area contributed by atoms with Gasteiger partial charge in [0.1, 0.15) is 0 Å². The van der Waals surface area contributed by atoms with E-state index >= 15 is 0 Å². The highest BCUT2D eigenvalue weighted by molar-refractivity contribution is 9.10. The second kappa shape index (κ2) is 7.09. The van der Waals surface area contributed by atoms with E-state index in [2.05, 4.69) is 26.2 Å². The number of hydrogen-bond donors (Lipinski definition) is 1. The van der Waals surface area contributed by atoms with E-state index in [0.29, 0.717) is 25.8 Å². The molecule has 7 heteroatoms. The first-order valence-corrected chi connectivity index (χ1v) is 8.88. The van der Waals surface area contributed by atoms with Gasteiger partial charge in [0.25, 0.3) is 5.91 Å². The summed E-state index contributed by atoms with van der Waals surface area (Å²) in [7, 11) is 0. The maximum absolute atomic E-state index is 12.0. The third-order valence-corrected chi connectivity index (χ3v) is 5.07. The van der Waals surface area contributed by atoms with Crippen molar-refractivity contribution >= 4 is 73.7 Å². The van der Waals surface area contributed by atoms with Crippen molar-refractivity contribution in [3.8, 4) is 0 Å². The molecular formula is C16H9BrCl2N2OS. The normalized spacial score (nSPS) is 17.8. The van der Waals surface area contributed by atoms with Crippen LogP contribution in [0.5, 0.6) is 0 Å². The summed E-state index contributed by atoms with van der Waals surface area (Å²) in [5.74, 6) is -0.172. The molecule has 1 aliphatic rings. The number of thioether (sulfide) groups is 1. The zero-order valence-electron chi connectivity index (χ0n) is 11.5. The van der Waals surface area contributed by atoms with Crippen LogP contribution in [-0.4, -0.2) is 11.1 Å². The Balaban J connectivity index is 1.84. The van der Waals surface area contributed by atoms with Crippen LogP contribution in [-0.2, 0) is 4.79 Å². The molecule has 1 amide bonds. The Morgan fingerprint density at radius 2 is 1.96 bits per heavy atom. The van der Waals surface area contributed by atoms with Crippen LogP contribution in [0.3, 0.4) is 0 Å². The molecule has 0 spiro atoms. The highest BCUT2D eigenvalue weighted by Gasteiger charge is 2.23. The van der Waals surface area contributed by atoms with Crippen LogP contribution in [0.15, 0.2) is 56.8 Å². The number of hydrogen-bond acceptors (Lipinski definition) is 3. The summed E-state index contributed by atoms with van der Waals surface area (Å²) in [4.78, 5) is 17.0. The largest absolute Gasteiger partial charge is 0.300 e. The molecule has 0 atom stereocenters. The molecule has 0 saturated carbocycles. The fraction of sp³-hybridized carbons (Fsp3) is 0. The van der Waals surface area contributed by atoms with Crippen LogP contribution in [0.25, 0.3) is 6.08 Å². The zero-order chi connectivity index (χ0) is 16.4. The molecule has 3 rings (SSSR count). The molecule has 1 heterocycles. The van der Waals surface area contributed by atoms with E-state index in [1.54, 1.807) is 18.2 Å². The van der Waals surface area contributed by atoms with E-state index in [-0.39, 0.29) is 5.91 Å². The van der Waals surface area contributed by atoms with Crippen molar-refractivity contribution in [2.75, 3.05) is 0 Å². The van der Waals surface area contributed by atoms with Crippen LogP contribution in [0.2, 0.25) is 10.0 Å². The number of nitrogens with zero attached hydrogens (tertiary/aromatic N) is 1. The van der Waals surface area contributed by atoms with Crippen molar-refractivity contribution in [1.82, 2.24) is 5.32 Å². The first-order chi connectivity index (χ1) is 11.0. The minimum absolute atomic E-state index is 0.172. The summed E-state index contributed by atoms with van der Waals surface area (Å²) in [6.45, 7) is 0. The number of amides is 1. The Labute approximate surface area is 155 Å². The van der Waals surface area contributed by atoms with Crippen LogP contribution in [0, 0.1) is 0 Å². The lowest BCUT2D eigenvalue weighted by Gasteiger charge is -1.99. The van der Waals surface area contributed by atoms with Gasteiger partial charge < -0.3 is 5.32 Å². The third kappa shape index (κ3) is 4.18. The van der Waals surface area contributed by atoms with E-state index < -0.39 is 0 Å². The number of carbonyl (C=O) groups excluding carboxylic acids is 1. The average Bonchev–Trinajstić information content (AvgIpc) is 2.83. The van der Waals surface area contributed by atoms with Gasteiger partial charge in [0.05, 0.1) is 20.6 Å². The molecule has 0 aliphatic carbocycles. The predicted molar refractivity (Wildman–Crippen MR) is 101 cm³/mol. The van der Waals surface area contributed by atoms with E-state index in [1.165, 1.54) is 11.8 Å². The maximum Gasteiger partial charge on any atom is 0.264 e. The molecular weight excluding hydrogens is 419 g/mol. The molecule has 0 radical (unpaired) electrons. The molecule has 0 aromatic heterocycles. The van der Waals surface area contributed by atoms with E-state index in [1.807, 2.05) is 30.3 Å². The van der Waals surface area contributed by atoms with Gasteiger partial charge in [-0.3, -0.25) is 4.79 Å². The van der Waals surface area contributed by atoms with Crippen LogP contribution < -0.4 is 5.32 Å². The van der Waals surface area contributed by atoms with E-state index in [9.17, 15) is 4.79 Å². The lowest BCUT2D eigenvalue weighted by molar-refractivity contribution is -0.115. The molecule has 2 aromatic carbocycles. The fourth-order valence-electron chi connectivity index (χ4n) is 1.90. The van der Waals surface area contributed by atoms with Crippen LogP contribution >= 0.6 is 50.9 Å². The highest BCUT2D eigenvalue weighted by atomic mass is 79.9. The Bertz CT molecular complexity index is 852. The zero-order valence-corrected chi connectivity index (χ0v) is 15.4. The lowest BCUT2D eigenvalue weighted by Crippen LogP contribution is -2.19. The van der Waals surface area contributed by atoms with Gasteiger partial charge in [0, 0.05) is 4.47 Å². The Hall–Kier alpha value is -1.27. The molecule has 1 N–H and O–H groups in total. The predicted octanol–water partition coefficient (Wildman–Crippen LogP) is 5.65. The molecule has 116 valence electrons. The van der Waals surface area contributed by atoms with Gasteiger partial charge in [0.2, 0.25) is 0 Å². The van der Waals surface area contributed by atoms with Crippen molar-refractivity contribution in [3.63, 3.8) is 0 Å². The molecule has 1 saturated heterocycles. The number of nitrogens with one attached hydrogen (secondary N) is 1. The Kier molecular flexibility index (Phi) is 5.11. The summed E-state index contributed by atoms with van der Waals surface area (Å²) in [6, 6.07) is 12.8. The SMILES string of the molecule is O=C1NC(=Nc2ccc(Cl)c(Cl)c2)S/C1=C\c1cccc(Br)c1. The average molecular weight is 428 g/mol. The number of amidine groups is 1. The number of benzene rings is 2. The second-order valence-corrected chi connectivity index (χ2v) is 7.40. The smallest absolute Gasteiger partial charge is 0.264 e. The van der Waals surface area contributed by atoms with Gasteiger partial charge in [-0.2, -0.15) is 0 Å². The minimum atomic E-state index is -0.172. The van der Waals surface area contributed by atoms with Crippen LogP contribution in [0.1, 0.15) is 5.56 Å². The summed E-state index contributed by atoms with van der Waals surface area (Å²) in [5.41, 5.74) is 1.57. The first-order valence-electron chi connectivity index (χ1n) is 6.51. The van der Waals surface area contributed by atoms with E-state index in [0.717, 1.165) is 10.0 Å². The molecule has 0 bridgehead atoms. The van der Waals surface area contributed by atoms with E-state index in [4.69, 9.17) is 23.2 Å². The standard InChI is InChI=1S/C16H9BrCl2N2OS/c17-10-3-1-2-9(6-10)7-14-15(22)21-16(23-14)20-11-4-5-12(18)13(19)8-11/h1-8H,(H,20,21,22)/b14-7-. The van der Waals surface area contributed by atoms with Gasteiger partial charge in [-0.25, -0.2) is 4.99 Å². The third-order valence-electron chi connectivity index (χ3n) is 2.93. The van der Waals surface area contributed by atoms with Crippen LogP contribution in [0.4, 0.5) is 5.69 Å². The summed E-state index contributed by atoms with van der Waals surface area (Å²) < 4.78 is 0.958. The van der Waals surface area contributed by atoms with Gasteiger partial charge in [-0.05, 0) is 53.7 Å². The quantitative estimate of drug-likeness (QED) is 0.629. The topological polar surface area (TPSA) is 41.5 Å². The van der Waals surface area contributed by atoms with Crippen molar-refractivity contribution in [1.29, 1.82) is 0 Å². The van der Waals surface area contributed by atoms with Crippen molar-refractivity contribution < 1.29 is 4.79 Å². The number of halogens is 3. The minimum Gasteiger partial charge on any atom is -0.300 e. The van der Waals surface area contributed by atoms with Crippen molar-refractivity contribution in [2.45, 2.75) is 0 Å². The van der Waals surface area contributed by atoms with Crippen molar-refractivity contribution in [2.24, 2.45) is 4.99 Å². The molecule has 1 aliphatic heterocycles. The first kappa shape index (κ1) is 16.6. The molecule has 1 fully saturated rings. The second-order valence-electron chi connectivity index (χ2n) is 4.64. The lowest BCUT2D eigenvalue weighted by atomic mass is 10.2. The van der Waals surface area contributed by atoms with Gasteiger partial charge in [-0.1, -0.05) is 51.3 Å². The Morgan fingerprint density at radius 3 is 2.70 bits per heavy atom.